The van der Waals surface area contributed by atoms with Gasteiger partial charge in [0.15, 0.2) is 0 Å². The molecular weight excluding hydrogens is 314 g/mol. The molecule has 0 bridgehead atoms. The summed E-state index contributed by atoms with van der Waals surface area (Å²) in [6, 6.07) is 5.15. The Morgan fingerprint density at radius 3 is 2.91 bits per heavy atom. The monoisotopic (exact) mass is 337 g/mol. The summed E-state index contributed by atoms with van der Waals surface area (Å²) in [5.41, 5.74) is 1.64. The molecule has 1 aromatic rings. The lowest BCUT2D eigenvalue weighted by atomic mass is 10.2. The van der Waals surface area contributed by atoms with Crippen LogP contribution in [0.4, 0.5) is 10.5 Å². The molecule has 1 aromatic carbocycles. The molecule has 3 amide bonds. The van der Waals surface area contributed by atoms with Crippen molar-refractivity contribution >= 4 is 29.2 Å². The van der Waals surface area contributed by atoms with E-state index in [1.165, 1.54) is 0 Å². The Bertz CT molecular complexity index is 563. The molecule has 5 nitrogen and oxygen atoms in total. The molecule has 0 radical (unpaired) electrons. The first kappa shape index (κ1) is 17.6. The Hall–Kier alpha value is -1.75. The molecule has 2 rings (SSSR count). The van der Waals surface area contributed by atoms with E-state index in [-0.39, 0.29) is 11.9 Å². The molecule has 1 fully saturated rings. The standard InChI is InChI=1S/C17H24ClN3O2/c1-13-7-8-14(12-15(13)18)20-17(23)19-9-5-11-21-10-4-2-3-6-16(21)22/h7-8,12H,2-6,9-11H2,1H3,(H2,19,20,23). The van der Waals surface area contributed by atoms with Crippen LogP contribution in [-0.2, 0) is 4.79 Å². The maximum Gasteiger partial charge on any atom is 0.319 e. The summed E-state index contributed by atoms with van der Waals surface area (Å²) in [5, 5.41) is 6.18. The van der Waals surface area contributed by atoms with Crippen molar-refractivity contribution in [3.05, 3.63) is 28.8 Å². The van der Waals surface area contributed by atoms with Crippen molar-refractivity contribution in [2.75, 3.05) is 25.0 Å². The molecule has 1 saturated heterocycles. The second-order valence-corrected chi connectivity index (χ2v) is 6.30. The van der Waals surface area contributed by atoms with Gasteiger partial charge in [-0.05, 0) is 43.9 Å². The number of nitrogens with one attached hydrogen (secondary N) is 2. The van der Waals surface area contributed by atoms with Gasteiger partial charge in [0.1, 0.15) is 0 Å². The van der Waals surface area contributed by atoms with Crippen LogP contribution in [0.1, 0.15) is 37.7 Å². The number of carbonyl (C=O) groups excluding carboxylic acids is 2. The molecule has 2 N–H and O–H groups in total. The SMILES string of the molecule is Cc1ccc(NC(=O)NCCCN2CCCCCC2=O)cc1Cl. The molecule has 1 aliphatic rings. The number of hydrogen-bond donors (Lipinski definition) is 2. The van der Waals surface area contributed by atoms with Gasteiger partial charge in [0.25, 0.3) is 0 Å². The van der Waals surface area contributed by atoms with E-state index in [2.05, 4.69) is 10.6 Å². The van der Waals surface area contributed by atoms with Gasteiger partial charge in [-0.15, -0.1) is 0 Å². The van der Waals surface area contributed by atoms with Gasteiger partial charge in [0.2, 0.25) is 5.91 Å². The Kier molecular flexibility index (Phi) is 6.71. The zero-order chi connectivity index (χ0) is 16.7. The van der Waals surface area contributed by atoms with Crippen LogP contribution in [0.25, 0.3) is 0 Å². The Morgan fingerprint density at radius 1 is 1.30 bits per heavy atom. The van der Waals surface area contributed by atoms with Gasteiger partial charge in [-0.1, -0.05) is 24.1 Å². The summed E-state index contributed by atoms with van der Waals surface area (Å²) in [6.07, 6.45) is 4.61. The van der Waals surface area contributed by atoms with Crippen LogP contribution in [-0.4, -0.2) is 36.5 Å². The predicted molar refractivity (Wildman–Crippen MR) is 92.9 cm³/mol. The van der Waals surface area contributed by atoms with Crippen LogP contribution >= 0.6 is 11.6 Å². The fourth-order valence-electron chi connectivity index (χ4n) is 2.59. The Morgan fingerprint density at radius 2 is 2.13 bits per heavy atom. The maximum atomic E-state index is 11.9. The lowest BCUT2D eigenvalue weighted by molar-refractivity contribution is -0.130. The summed E-state index contributed by atoms with van der Waals surface area (Å²) < 4.78 is 0. The van der Waals surface area contributed by atoms with Crippen LogP contribution in [0.5, 0.6) is 0 Å². The molecular formula is C17H24ClN3O2. The Balaban J connectivity index is 1.68. The lowest BCUT2D eigenvalue weighted by Gasteiger charge is -2.20. The van der Waals surface area contributed by atoms with Gasteiger partial charge in [-0.2, -0.15) is 0 Å². The first-order chi connectivity index (χ1) is 11.1. The number of rotatable bonds is 5. The second kappa shape index (κ2) is 8.77. The molecule has 1 heterocycles. The van der Waals surface area contributed by atoms with Gasteiger partial charge in [0, 0.05) is 36.8 Å². The number of nitrogens with zero attached hydrogens (tertiary/aromatic N) is 1. The first-order valence-electron chi connectivity index (χ1n) is 8.15. The third kappa shape index (κ3) is 5.75. The average molecular weight is 338 g/mol. The van der Waals surface area contributed by atoms with Crippen molar-refractivity contribution in [1.29, 1.82) is 0 Å². The van der Waals surface area contributed by atoms with Crippen LogP contribution in [0.15, 0.2) is 18.2 Å². The number of aryl methyl sites for hydroxylation is 1. The van der Waals surface area contributed by atoms with Crippen LogP contribution < -0.4 is 10.6 Å². The van der Waals surface area contributed by atoms with E-state index in [1.807, 2.05) is 24.0 Å². The van der Waals surface area contributed by atoms with E-state index >= 15 is 0 Å². The fourth-order valence-corrected chi connectivity index (χ4v) is 2.77. The van der Waals surface area contributed by atoms with Crippen molar-refractivity contribution in [3.8, 4) is 0 Å². The van der Waals surface area contributed by atoms with Gasteiger partial charge in [0.05, 0.1) is 0 Å². The van der Waals surface area contributed by atoms with Crippen molar-refractivity contribution in [2.24, 2.45) is 0 Å². The summed E-state index contributed by atoms with van der Waals surface area (Å²) in [4.78, 5) is 25.6. The van der Waals surface area contributed by atoms with Crippen molar-refractivity contribution < 1.29 is 9.59 Å². The van der Waals surface area contributed by atoms with E-state index in [9.17, 15) is 9.59 Å². The minimum absolute atomic E-state index is 0.237. The van der Waals surface area contributed by atoms with Gasteiger partial charge < -0.3 is 15.5 Å². The van der Waals surface area contributed by atoms with Gasteiger partial charge in [-0.3, -0.25) is 4.79 Å². The highest BCUT2D eigenvalue weighted by molar-refractivity contribution is 6.31. The molecule has 23 heavy (non-hydrogen) atoms. The van der Waals surface area contributed by atoms with Crippen LogP contribution in [0.3, 0.4) is 0 Å². The number of anilines is 1. The highest BCUT2D eigenvalue weighted by Gasteiger charge is 2.15. The molecule has 6 heteroatoms. The van der Waals surface area contributed by atoms with E-state index in [4.69, 9.17) is 11.6 Å². The Labute approximate surface area is 142 Å². The third-order valence-corrected chi connectivity index (χ3v) is 4.40. The number of carbonyl (C=O) groups is 2. The number of hydrogen-bond acceptors (Lipinski definition) is 2. The highest BCUT2D eigenvalue weighted by atomic mass is 35.5. The van der Waals surface area contributed by atoms with Gasteiger partial charge in [-0.25, -0.2) is 4.79 Å². The normalized spacial score (nSPS) is 15.2. The first-order valence-corrected chi connectivity index (χ1v) is 8.53. The molecule has 0 unspecified atom stereocenters. The number of amides is 3. The van der Waals surface area contributed by atoms with Crippen molar-refractivity contribution in [1.82, 2.24) is 10.2 Å². The molecule has 0 aromatic heterocycles. The minimum atomic E-state index is -0.257. The summed E-state index contributed by atoms with van der Waals surface area (Å²) >= 11 is 6.03. The molecule has 1 aliphatic heterocycles. The van der Waals surface area contributed by atoms with Crippen molar-refractivity contribution in [3.63, 3.8) is 0 Å². The van der Waals surface area contributed by atoms with E-state index < -0.39 is 0 Å². The van der Waals surface area contributed by atoms with E-state index in [0.717, 1.165) is 37.8 Å². The lowest BCUT2D eigenvalue weighted by Crippen LogP contribution is -2.35. The quantitative estimate of drug-likeness (QED) is 0.807. The molecule has 0 atom stereocenters. The highest BCUT2D eigenvalue weighted by Crippen LogP contribution is 2.19. The summed E-state index contributed by atoms with van der Waals surface area (Å²) in [5.74, 6) is 0.237. The number of urea groups is 1. The average Bonchev–Trinajstić information content (AvgIpc) is 2.72. The molecule has 0 aliphatic carbocycles. The van der Waals surface area contributed by atoms with Crippen molar-refractivity contribution in [2.45, 2.75) is 39.0 Å². The second-order valence-electron chi connectivity index (χ2n) is 5.89. The summed E-state index contributed by atoms with van der Waals surface area (Å²) in [7, 11) is 0. The van der Waals surface area contributed by atoms with E-state index in [1.54, 1.807) is 6.07 Å². The largest absolute Gasteiger partial charge is 0.343 e. The predicted octanol–water partition coefficient (Wildman–Crippen LogP) is 3.56. The minimum Gasteiger partial charge on any atom is -0.343 e. The van der Waals surface area contributed by atoms with Crippen LogP contribution in [0.2, 0.25) is 5.02 Å². The summed E-state index contributed by atoms with van der Waals surface area (Å²) in [6.45, 7) is 3.99. The number of benzene rings is 1. The number of likely N-dealkylation sites (tertiary alicyclic amines) is 1. The molecule has 0 spiro atoms. The zero-order valence-electron chi connectivity index (χ0n) is 13.5. The third-order valence-electron chi connectivity index (χ3n) is 3.99. The van der Waals surface area contributed by atoms with Gasteiger partial charge >= 0.3 is 6.03 Å². The van der Waals surface area contributed by atoms with E-state index in [0.29, 0.717) is 30.2 Å². The molecule has 126 valence electrons. The topological polar surface area (TPSA) is 61.4 Å². The number of halogens is 1. The molecule has 0 saturated carbocycles. The zero-order valence-corrected chi connectivity index (χ0v) is 14.3. The fraction of sp³-hybridized carbons (Fsp3) is 0.529. The smallest absolute Gasteiger partial charge is 0.319 e. The van der Waals surface area contributed by atoms with Crippen LogP contribution in [0, 0.1) is 6.92 Å². The maximum absolute atomic E-state index is 11.9.